The van der Waals surface area contributed by atoms with E-state index in [1.165, 1.54) is 13.2 Å². The minimum Gasteiger partial charge on any atom is -0.493 e. The van der Waals surface area contributed by atoms with Crippen molar-refractivity contribution in [1.29, 1.82) is 5.26 Å². The van der Waals surface area contributed by atoms with Gasteiger partial charge in [0.25, 0.3) is 0 Å². The second kappa shape index (κ2) is 8.32. The van der Waals surface area contributed by atoms with Crippen LogP contribution in [0.15, 0.2) is 52.3 Å². The fourth-order valence-corrected chi connectivity index (χ4v) is 4.12. The summed E-state index contributed by atoms with van der Waals surface area (Å²) in [7, 11) is 1.51. The molecule has 0 amide bonds. The van der Waals surface area contributed by atoms with Gasteiger partial charge in [-0.05, 0) is 46.6 Å². The quantitative estimate of drug-likeness (QED) is 0.554. The van der Waals surface area contributed by atoms with E-state index in [4.69, 9.17) is 19.9 Å². The topological polar surface area (TPSA) is 106 Å². The van der Waals surface area contributed by atoms with E-state index in [1.807, 2.05) is 13.0 Å². The molecule has 0 saturated carbocycles. The molecule has 158 valence electrons. The maximum Gasteiger partial charge on any atom is 0.244 e. The van der Waals surface area contributed by atoms with Crippen LogP contribution in [-0.2, 0) is 6.61 Å². The average molecular weight is 485 g/mol. The molecule has 1 aliphatic rings. The van der Waals surface area contributed by atoms with Crippen LogP contribution in [0.2, 0.25) is 0 Å². The summed E-state index contributed by atoms with van der Waals surface area (Å²) in [6.07, 6.45) is 0. The number of nitrogens with two attached hydrogens (primary N) is 1. The summed E-state index contributed by atoms with van der Waals surface area (Å²) in [4.78, 5) is 0. The number of nitrogens with zero attached hydrogens (tertiary/aromatic N) is 2. The summed E-state index contributed by atoms with van der Waals surface area (Å²) >= 11 is 3.52. The molecule has 0 spiro atoms. The number of hydrogen-bond donors (Lipinski definition) is 2. The largest absolute Gasteiger partial charge is 0.493 e. The van der Waals surface area contributed by atoms with Crippen molar-refractivity contribution in [3.8, 4) is 23.4 Å². The van der Waals surface area contributed by atoms with E-state index in [9.17, 15) is 9.65 Å². The van der Waals surface area contributed by atoms with Gasteiger partial charge in [0.2, 0.25) is 11.8 Å². The van der Waals surface area contributed by atoms with E-state index in [-0.39, 0.29) is 23.9 Å². The minimum absolute atomic E-state index is 0.00136. The van der Waals surface area contributed by atoms with E-state index < -0.39 is 5.92 Å². The number of ether oxygens (including phenoxy) is 3. The lowest BCUT2D eigenvalue weighted by Crippen LogP contribution is -2.21. The molecule has 0 bridgehead atoms. The highest BCUT2D eigenvalue weighted by molar-refractivity contribution is 9.10. The van der Waals surface area contributed by atoms with Crippen molar-refractivity contribution in [2.45, 2.75) is 19.4 Å². The number of aromatic amines is 1. The molecule has 4 rings (SSSR count). The Morgan fingerprint density at radius 3 is 2.84 bits per heavy atom. The number of halogens is 2. The number of rotatable bonds is 5. The van der Waals surface area contributed by atoms with E-state index >= 15 is 0 Å². The monoisotopic (exact) mass is 484 g/mol. The van der Waals surface area contributed by atoms with Crippen LogP contribution in [-0.4, -0.2) is 17.3 Å². The SMILES string of the molecule is COc1cc([C@H]2C(C#N)=C(N)Oc3n[nH]c(C)c32)cc(Br)c1OCc1ccccc1F. The molecule has 0 saturated heterocycles. The van der Waals surface area contributed by atoms with Crippen molar-refractivity contribution in [3.63, 3.8) is 0 Å². The van der Waals surface area contributed by atoms with Gasteiger partial charge in [0.1, 0.15) is 24.1 Å². The number of aryl methyl sites for hydroxylation is 1. The maximum atomic E-state index is 14.0. The first-order valence-electron chi connectivity index (χ1n) is 9.30. The second-order valence-electron chi connectivity index (χ2n) is 6.91. The van der Waals surface area contributed by atoms with Gasteiger partial charge in [-0.3, -0.25) is 5.10 Å². The number of hydrogen-bond acceptors (Lipinski definition) is 6. The Bertz CT molecular complexity index is 1230. The molecule has 3 aromatic rings. The lowest BCUT2D eigenvalue weighted by Gasteiger charge is -2.25. The summed E-state index contributed by atoms with van der Waals surface area (Å²) < 4.78 is 31.5. The third-order valence-corrected chi connectivity index (χ3v) is 5.63. The zero-order chi connectivity index (χ0) is 22.1. The molecule has 1 aliphatic heterocycles. The lowest BCUT2D eigenvalue weighted by molar-refractivity contribution is 0.277. The predicted molar refractivity (Wildman–Crippen MR) is 114 cm³/mol. The fourth-order valence-electron chi connectivity index (χ4n) is 3.54. The number of allylic oxidation sites excluding steroid dienone is 1. The van der Waals surface area contributed by atoms with Crippen molar-refractivity contribution in [1.82, 2.24) is 10.2 Å². The summed E-state index contributed by atoms with van der Waals surface area (Å²) in [6.45, 7) is 1.87. The standard InChI is InChI=1S/C22H18BrFN4O3/c1-11-18-19(14(9-25)21(26)31-22(18)28-27-11)13-7-15(23)20(17(8-13)29-2)30-10-12-5-3-4-6-16(12)24/h3-8,19H,10,26H2,1-2H3,(H,27,28)/t19-/m0/s1. The van der Waals surface area contributed by atoms with E-state index in [0.29, 0.717) is 27.4 Å². The molecule has 0 aliphatic carbocycles. The number of nitrogens with one attached hydrogen (secondary N) is 1. The number of benzene rings is 2. The Morgan fingerprint density at radius 1 is 1.35 bits per heavy atom. The van der Waals surface area contributed by atoms with Crippen LogP contribution in [0.4, 0.5) is 4.39 Å². The summed E-state index contributed by atoms with van der Waals surface area (Å²) in [5, 5.41) is 16.7. The van der Waals surface area contributed by atoms with Gasteiger partial charge in [-0.2, -0.15) is 5.26 Å². The van der Waals surface area contributed by atoms with Crippen LogP contribution in [0.25, 0.3) is 0 Å². The molecule has 31 heavy (non-hydrogen) atoms. The van der Waals surface area contributed by atoms with E-state index in [2.05, 4.69) is 32.2 Å². The van der Waals surface area contributed by atoms with Crippen LogP contribution >= 0.6 is 15.9 Å². The number of methoxy groups -OCH3 is 1. The van der Waals surface area contributed by atoms with Crippen molar-refractivity contribution >= 4 is 15.9 Å². The van der Waals surface area contributed by atoms with Gasteiger partial charge in [-0.1, -0.05) is 18.2 Å². The Morgan fingerprint density at radius 2 is 2.13 bits per heavy atom. The van der Waals surface area contributed by atoms with Crippen LogP contribution in [0, 0.1) is 24.1 Å². The molecule has 0 fully saturated rings. The van der Waals surface area contributed by atoms with Gasteiger partial charge >= 0.3 is 0 Å². The summed E-state index contributed by atoms with van der Waals surface area (Å²) in [5.74, 6) is 0.319. The van der Waals surface area contributed by atoms with Crippen molar-refractivity contribution < 1.29 is 18.6 Å². The number of fused-ring (bicyclic) bond motifs is 1. The highest BCUT2D eigenvalue weighted by atomic mass is 79.9. The molecule has 1 atom stereocenters. The third kappa shape index (κ3) is 3.70. The Labute approximate surface area is 186 Å². The normalized spacial score (nSPS) is 15.1. The van der Waals surface area contributed by atoms with Crippen molar-refractivity contribution in [3.05, 3.63) is 80.5 Å². The Hall–Kier alpha value is -3.51. The number of aromatic nitrogens is 2. The number of H-pyrrole nitrogens is 1. The Balaban J connectivity index is 1.75. The first-order chi connectivity index (χ1) is 14.9. The average Bonchev–Trinajstić information content (AvgIpc) is 3.12. The van der Waals surface area contributed by atoms with E-state index in [0.717, 1.165) is 16.8 Å². The summed E-state index contributed by atoms with van der Waals surface area (Å²) in [6, 6.07) is 12.1. The first-order valence-corrected chi connectivity index (χ1v) is 10.1. The molecule has 3 N–H and O–H groups in total. The van der Waals surface area contributed by atoms with Crippen molar-refractivity contribution in [2.24, 2.45) is 5.73 Å². The third-order valence-electron chi connectivity index (χ3n) is 5.04. The highest BCUT2D eigenvalue weighted by Gasteiger charge is 2.35. The smallest absolute Gasteiger partial charge is 0.244 e. The highest BCUT2D eigenvalue weighted by Crippen LogP contribution is 2.46. The molecule has 2 heterocycles. The second-order valence-corrected chi connectivity index (χ2v) is 7.76. The molecular weight excluding hydrogens is 467 g/mol. The van der Waals surface area contributed by atoms with Gasteiger partial charge in [-0.15, -0.1) is 5.10 Å². The number of nitriles is 1. The van der Waals surface area contributed by atoms with Gasteiger partial charge < -0.3 is 19.9 Å². The zero-order valence-electron chi connectivity index (χ0n) is 16.7. The maximum absolute atomic E-state index is 14.0. The van der Waals surface area contributed by atoms with Gasteiger partial charge in [0.05, 0.1) is 17.5 Å². The molecule has 9 heteroatoms. The van der Waals surface area contributed by atoms with Crippen LogP contribution < -0.4 is 19.9 Å². The molecule has 7 nitrogen and oxygen atoms in total. The first kappa shape index (κ1) is 20.8. The lowest BCUT2D eigenvalue weighted by atomic mass is 9.84. The van der Waals surface area contributed by atoms with Crippen molar-refractivity contribution in [2.75, 3.05) is 7.11 Å². The van der Waals surface area contributed by atoms with Gasteiger partial charge in [0.15, 0.2) is 11.5 Å². The molecule has 2 aromatic carbocycles. The van der Waals surface area contributed by atoms with Crippen LogP contribution in [0.3, 0.4) is 0 Å². The summed E-state index contributed by atoms with van der Waals surface area (Å²) in [5.41, 5.74) is 8.89. The van der Waals surface area contributed by atoms with Crippen LogP contribution in [0.5, 0.6) is 17.4 Å². The molecular formula is C22H18BrFN4O3. The van der Waals surface area contributed by atoms with E-state index in [1.54, 1.807) is 24.3 Å². The van der Waals surface area contributed by atoms with Crippen LogP contribution in [0.1, 0.15) is 28.3 Å². The van der Waals surface area contributed by atoms with Gasteiger partial charge in [0, 0.05) is 16.8 Å². The fraction of sp³-hybridized carbons (Fsp3) is 0.182. The van der Waals surface area contributed by atoms with Gasteiger partial charge in [-0.25, -0.2) is 4.39 Å². The molecule has 0 unspecified atom stereocenters. The zero-order valence-corrected chi connectivity index (χ0v) is 18.3. The molecule has 1 aromatic heterocycles. The predicted octanol–water partition coefficient (Wildman–Crippen LogP) is 4.43. The molecule has 0 radical (unpaired) electrons. The minimum atomic E-state index is -0.502. The Kier molecular flexibility index (Phi) is 5.57.